The SMILES string of the molecule is COc1ccc(C2NCCc3c2[nH]c2cc(C)cc(C)c32)c(C)c1C. The number of hydrogen-bond donors (Lipinski definition) is 2. The predicted molar refractivity (Wildman–Crippen MR) is 104 cm³/mol. The lowest BCUT2D eigenvalue weighted by Gasteiger charge is -2.27. The number of benzene rings is 2. The zero-order chi connectivity index (χ0) is 17.7. The normalized spacial score (nSPS) is 16.9. The largest absolute Gasteiger partial charge is 0.496 e. The third-order valence-electron chi connectivity index (χ3n) is 5.70. The minimum absolute atomic E-state index is 0.209. The van der Waals surface area contributed by atoms with Crippen LogP contribution in [0.25, 0.3) is 10.9 Å². The molecule has 3 aromatic rings. The molecule has 1 unspecified atom stereocenters. The average Bonchev–Trinajstić information content (AvgIpc) is 2.95. The Hall–Kier alpha value is -2.26. The van der Waals surface area contributed by atoms with E-state index in [0.29, 0.717) is 0 Å². The van der Waals surface area contributed by atoms with Gasteiger partial charge < -0.3 is 15.0 Å². The molecule has 1 aliphatic heterocycles. The Morgan fingerprint density at radius 2 is 1.84 bits per heavy atom. The van der Waals surface area contributed by atoms with Crippen molar-refractivity contribution >= 4 is 10.9 Å². The summed E-state index contributed by atoms with van der Waals surface area (Å²) in [6.07, 6.45) is 1.07. The number of rotatable bonds is 2. The first kappa shape index (κ1) is 16.2. The van der Waals surface area contributed by atoms with Crippen molar-refractivity contribution in [2.75, 3.05) is 13.7 Å². The van der Waals surface area contributed by atoms with Crippen LogP contribution >= 0.6 is 0 Å². The topological polar surface area (TPSA) is 37.0 Å². The van der Waals surface area contributed by atoms with Crippen LogP contribution in [0.4, 0.5) is 0 Å². The second kappa shape index (κ2) is 5.92. The van der Waals surface area contributed by atoms with E-state index in [1.165, 1.54) is 50.0 Å². The molecule has 3 heteroatoms. The fourth-order valence-electron chi connectivity index (χ4n) is 4.39. The highest BCUT2D eigenvalue weighted by Gasteiger charge is 2.27. The Kier molecular flexibility index (Phi) is 3.84. The van der Waals surface area contributed by atoms with Gasteiger partial charge in [0.05, 0.1) is 13.2 Å². The van der Waals surface area contributed by atoms with Gasteiger partial charge in [0.15, 0.2) is 0 Å². The van der Waals surface area contributed by atoms with E-state index in [1.807, 2.05) is 0 Å². The van der Waals surface area contributed by atoms with Gasteiger partial charge in [-0.25, -0.2) is 0 Å². The third kappa shape index (κ3) is 2.46. The standard InChI is InChI=1S/C22H26N2O/c1-12-10-13(2)20-17-8-9-23-21(22(17)24-18(20)11-12)16-6-7-19(25-5)15(4)14(16)3/h6-7,10-11,21,23-24H,8-9H2,1-5H3. The molecule has 0 radical (unpaired) electrons. The summed E-state index contributed by atoms with van der Waals surface area (Å²) in [6, 6.07) is 9.06. The molecule has 0 aliphatic carbocycles. The fraction of sp³-hybridized carbons (Fsp3) is 0.364. The molecule has 1 aliphatic rings. The monoisotopic (exact) mass is 334 g/mol. The van der Waals surface area contributed by atoms with E-state index in [2.05, 4.69) is 62.3 Å². The lowest BCUT2D eigenvalue weighted by Crippen LogP contribution is -2.31. The Bertz CT molecular complexity index is 968. The fourth-order valence-corrected chi connectivity index (χ4v) is 4.39. The van der Waals surface area contributed by atoms with Crippen molar-refractivity contribution in [1.29, 1.82) is 0 Å². The Morgan fingerprint density at radius 1 is 1.04 bits per heavy atom. The van der Waals surface area contributed by atoms with Gasteiger partial charge in [-0.2, -0.15) is 0 Å². The summed E-state index contributed by atoms with van der Waals surface area (Å²) in [5, 5.41) is 5.13. The maximum Gasteiger partial charge on any atom is 0.122 e. The lowest BCUT2D eigenvalue weighted by atomic mass is 9.89. The van der Waals surface area contributed by atoms with Crippen molar-refractivity contribution in [2.24, 2.45) is 0 Å². The molecule has 4 rings (SSSR count). The van der Waals surface area contributed by atoms with Crippen molar-refractivity contribution in [3.8, 4) is 5.75 Å². The van der Waals surface area contributed by atoms with Crippen LogP contribution in [0.5, 0.6) is 5.75 Å². The predicted octanol–water partition coefficient (Wildman–Crippen LogP) is 4.65. The molecular weight excluding hydrogens is 308 g/mol. The maximum atomic E-state index is 5.49. The second-order valence-electron chi connectivity index (χ2n) is 7.27. The van der Waals surface area contributed by atoms with Gasteiger partial charge in [-0.05, 0) is 79.6 Å². The van der Waals surface area contributed by atoms with Gasteiger partial charge in [-0.3, -0.25) is 0 Å². The zero-order valence-electron chi connectivity index (χ0n) is 15.7. The molecule has 0 spiro atoms. The summed E-state index contributed by atoms with van der Waals surface area (Å²) in [6.45, 7) is 9.73. The Morgan fingerprint density at radius 3 is 2.60 bits per heavy atom. The third-order valence-corrected chi connectivity index (χ3v) is 5.70. The quantitative estimate of drug-likeness (QED) is 0.716. The van der Waals surface area contributed by atoms with Crippen molar-refractivity contribution in [2.45, 2.75) is 40.2 Å². The van der Waals surface area contributed by atoms with Crippen LogP contribution in [-0.4, -0.2) is 18.6 Å². The van der Waals surface area contributed by atoms with Gasteiger partial charge in [0, 0.05) is 23.1 Å². The highest BCUT2D eigenvalue weighted by atomic mass is 16.5. The molecule has 2 heterocycles. The number of aromatic nitrogens is 1. The van der Waals surface area contributed by atoms with E-state index in [4.69, 9.17) is 4.74 Å². The number of ether oxygens (including phenoxy) is 1. The lowest BCUT2D eigenvalue weighted by molar-refractivity contribution is 0.410. The zero-order valence-corrected chi connectivity index (χ0v) is 15.7. The molecule has 25 heavy (non-hydrogen) atoms. The smallest absolute Gasteiger partial charge is 0.122 e. The first-order valence-electron chi connectivity index (χ1n) is 9.00. The first-order chi connectivity index (χ1) is 12.0. The number of aryl methyl sites for hydroxylation is 2. The molecule has 0 amide bonds. The van der Waals surface area contributed by atoms with E-state index >= 15 is 0 Å². The van der Waals surface area contributed by atoms with Crippen LogP contribution in [0.2, 0.25) is 0 Å². The summed E-state index contributed by atoms with van der Waals surface area (Å²) in [5.41, 5.74) is 10.6. The highest BCUT2D eigenvalue weighted by molar-refractivity contribution is 5.89. The van der Waals surface area contributed by atoms with E-state index < -0.39 is 0 Å². The molecule has 2 N–H and O–H groups in total. The van der Waals surface area contributed by atoms with Gasteiger partial charge in [-0.1, -0.05) is 12.1 Å². The molecule has 3 nitrogen and oxygen atoms in total. The number of methoxy groups -OCH3 is 1. The number of hydrogen-bond acceptors (Lipinski definition) is 2. The van der Waals surface area contributed by atoms with Crippen molar-refractivity contribution in [3.63, 3.8) is 0 Å². The summed E-state index contributed by atoms with van der Waals surface area (Å²) in [7, 11) is 1.74. The summed E-state index contributed by atoms with van der Waals surface area (Å²) < 4.78 is 5.49. The number of aromatic amines is 1. The maximum absolute atomic E-state index is 5.49. The van der Waals surface area contributed by atoms with E-state index in [0.717, 1.165) is 18.7 Å². The Balaban J connectivity index is 1.91. The number of nitrogens with one attached hydrogen (secondary N) is 2. The van der Waals surface area contributed by atoms with E-state index in [9.17, 15) is 0 Å². The minimum atomic E-state index is 0.209. The molecule has 2 aromatic carbocycles. The van der Waals surface area contributed by atoms with E-state index in [1.54, 1.807) is 7.11 Å². The molecule has 0 saturated carbocycles. The van der Waals surface area contributed by atoms with Gasteiger partial charge in [0.2, 0.25) is 0 Å². The molecular formula is C22H26N2O. The summed E-state index contributed by atoms with van der Waals surface area (Å²) in [4.78, 5) is 3.73. The van der Waals surface area contributed by atoms with Crippen LogP contribution in [0, 0.1) is 27.7 Å². The summed E-state index contributed by atoms with van der Waals surface area (Å²) >= 11 is 0. The summed E-state index contributed by atoms with van der Waals surface area (Å²) in [5.74, 6) is 0.959. The highest BCUT2D eigenvalue weighted by Crippen LogP contribution is 2.38. The number of H-pyrrole nitrogens is 1. The first-order valence-corrected chi connectivity index (χ1v) is 9.00. The minimum Gasteiger partial charge on any atom is -0.496 e. The van der Waals surface area contributed by atoms with Crippen LogP contribution in [0.3, 0.4) is 0 Å². The second-order valence-corrected chi connectivity index (χ2v) is 7.27. The van der Waals surface area contributed by atoms with Crippen molar-refractivity contribution in [3.05, 3.63) is 63.3 Å². The van der Waals surface area contributed by atoms with Crippen LogP contribution < -0.4 is 10.1 Å². The van der Waals surface area contributed by atoms with Gasteiger partial charge in [0.1, 0.15) is 5.75 Å². The molecule has 1 aromatic heterocycles. The molecule has 1 atom stereocenters. The molecule has 0 fully saturated rings. The molecule has 0 bridgehead atoms. The Labute approximate surface area is 149 Å². The van der Waals surface area contributed by atoms with Crippen LogP contribution in [0.15, 0.2) is 24.3 Å². The number of fused-ring (bicyclic) bond motifs is 3. The van der Waals surface area contributed by atoms with Gasteiger partial charge >= 0.3 is 0 Å². The molecule has 0 saturated heterocycles. The van der Waals surface area contributed by atoms with E-state index in [-0.39, 0.29) is 6.04 Å². The van der Waals surface area contributed by atoms with Gasteiger partial charge in [-0.15, -0.1) is 0 Å². The van der Waals surface area contributed by atoms with Crippen LogP contribution in [-0.2, 0) is 6.42 Å². The van der Waals surface area contributed by atoms with Crippen LogP contribution in [0.1, 0.15) is 45.1 Å². The van der Waals surface area contributed by atoms with Gasteiger partial charge in [0.25, 0.3) is 0 Å². The average molecular weight is 334 g/mol. The molecule has 130 valence electrons. The van der Waals surface area contributed by atoms with Crippen molar-refractivity contribution in [1.82, 2.24) is 10.3 Å². The van der Waals surface area contributed by atoms with Crippen molar-refractivity contribution < 1.29 is 4.74 Å².